The fourth-order valence-corrected chi connectivity index (χ4v) is 3.64. The highest BCUT2D eigenvalue weighted by atomic mass is 32.2. The van der Waals surface area contributed by atoms with Crippen molar-refractivity contribution < 1.29 is 13.2 Å². The number of carbonyl (C=O) groups is 1. The standard InChI is InChI=1S/C12H22N2O3S/c1-18(16,17)14-9-7-13(8-10-14)6-5-11-3-2-4-12(11)15/h11H,2-10H2,1H3. The molecule has 0 amide bonds. The van der Waals surface area contributed by atoms with Crippen molar-refractivity contribution in [3.05, 3.63) is 0 Å². The summed E-state index contributed by atoms with van der Waals surface area (Å²) in [5, 5.41) is 0. The fraction of sp³-hybridized carbons (Fsp3) is 0.917. The lowest BCUT2D eigenvalue weighted by atomic mass is 10.0. The monoisotopic (exact) mass is 274 g/mol. The van der Waals surface area contributed by atoms with E-state index >= 15 is 0 Å². The number of nitrogens with zero attached hydrogens (tertiary/aromatic N) is 2. The Labute approximate surface area is 109 Å². The zero-order valence-electron chi connectivity index (χ0n) is 11.0. The van der Waals surface area contributed by atoms with Gasteiger partial charge in [0, 0.05) is 38.5 Å². The molecule has 0 aromatic rings. The van der Waals surface area contributed by atoms with E-state index in [4.69, 9.17) is 0 Å². The summed E-state index contributed by atoms with van der Waals surface area (Å²) in [4.78, 5) is 13.8. The molecule has 2 fully saturated rings. The Kier molecular flexibility index (Phi) is 4.40. The van der Waals surface area contributed by atoms with Crippen molar-refractivity contribution in [2.75, 3.05) is 39.0 Å². The maximum Gasteiger partial charge on any atom is 0.211 e. The molecule has 6 heteroatoms. The number of ketones is 1. The Morgan fingerprint density at radius 3 is 2.39 bits per heavy atom. The van der Waals surface area contributed by atoms with Gasteiger partial charge in [0.2, 0.25) is 10.0 Å². The van der Waals surface area contributed by atoms with Gasteiger partial charge in [-0.2, -0.15) is 4.31 Å². The Morgan fingerprint density at radius 2 is 1.89 bits per heavy atom. The summed E-state index contributed by atoms with van der Waals surface area (Å²) in [5.74, 6) is 0.683. The molecular weight excluding hydrogens is 252 g/mol. The highest BCUT2D eigenvalue weighted by Crippen LogP contribution is 2.24. The third-order valence-corrected chi connectivity index (χ3v) is 5.33. The molecule has 1 unspecified atom stereocenters. The molecule has 1 atom stereocenters. The Morgan fingerprint density at radius 1 is 1.22 bits per heavy atom. The minimum Gasteiger partial charge on any atom is -0.301 e. The number of piperazine rings is 1. The number of Topliss-reactive ketones (excluding diaryl/α,β-unsaturated/α-hetero) is 1. The van der Waals surface area contributed by atoms with Crippen LogP contribution in [0.15, 0.2) is 0 Å². The van der Waals surface area contributed by atoms with Crippen LogP contribution in [0.1, 0.15) is 25.7 Å². The minimum absolute atomic E-state index is 0.262. The topological polar surface area (TPSA) is 57.7 Å². The average molecular weight is 274 g/mol. The second kappa shape index (κ2) is 5.67. The van der Waals surface area contributed by atoms with Gasteiger partial charge in [0.15, 0.2) is 0 Å². The van der Waals surface area contributed by atoms with E-state index in [2.05, 4.69) is 4.90 Å². The quantitative estimate of drug-likeness (QED) is 0.741. The van der Waals surface area contributed by atoms with E-state index in [9.17, 15) is 13.2 Å². The Balaban J connectivity index is 1.72. The van der Waals surface area contributed by atoms with Gasteiger partial charge in [-0.25, -0.2) is 8.42 Å². The van der Waals surface area contributed by atoms with E-state index in [1.54, 1.807) is 0 Å². The molecule has 0 N–H and O–H groups in total. The van der Waals surface area contributed by atoms with Gasteiger partial charge in [0.1, 0.15) is 5.78 Å². The molecule has 1 heterocycles. The summed E-state index contributed by atoms with van der Waals surface area (Å²) in [6, 6.07) is 0. The van der Waals surface area contributed by atoms with Crippen LogP contribution >= 0.6 is 0 Å². The minimum atomic E-state index is -3.04. The molecule has 0 radical (unpaired) electrons. The van der Waals surface area contributed by atoms with Crippen molar-refractivity contribution >= 4 is 15.8 Å². The summed E-state index contributed by atoms with van der Waals surface area (Å²) >= 11 is 0. The van der Waals surface area contributed by atoms with Crippen LogP contribution in [0.4, 0.5) is 0 Å². The molecule has 0 aromatic heterocycles. The van der Waals surface area contributed by atoms with Crippen molar-refractivity contribution in [1.82, 2.24) is 9.21 Å². The third-order valence-electron chi connectivity index (χ3n) is 4.03. The first-order chi connectivity index (χ1) is 8.47. The second-order valence-electron chi connectivity index (χ2n) is 5.35. The third kappa shape index (κ3) is 3.52. The normalized spacial score (nSPS) is 27.8. The summed E-state index contributed by atoms with van der Waals surface area (Å²) in [6.45, 7) is 3.66. The molecule has 1 saturated carbocycles. The van der Waals surface area contributed by atoms with Crippen LogP contribution < -0.4 is 0 Å². The smallest absolute Gasteiger partial charge is 0.211 e. The molecule has 1 saturated heterocycles. The maximum atomic E-state index is 11.5. The van der Waals surface area contributed by atoms with Gasteiger partial charge >= 0.3 is 0 Å². The maximum absolute atomic E-state index is 11.5. The number of hydrogen-bond donors (Lipinski definition) is 0. The summed E-state index contributed by atoms with van der Waals surface area (Å²) in [5.41, 5.74) is 0. The van der Waals surface area contributed by atoms with Crippen LogP contribution in [0, 0.1) is 5.92 Å². The van der Waals surface area contributed by atoms with Crippen LogP contribution in [0.5, 0.6) is 0 Å². The highest BCUT2D eigenvalue weighted by molar-refractivity contribution is 7.88. The van der Waals surface area contributed by atoms with Crippen LogP contribution in [0.2, 0.25) is 0 Å². The zero-order valence-corrected chi connectivity index (χ0v) is 11.8. The molecule has 5 nitrogen and oxygen atoms in total. The van der Waals surface area contributed by atoms with Crippen LogP contribution in [0.3, 0.4) is 0 Å². The lowest BCUT2D eigenvalue weighted by Crippen LogP contribution is -2.48. The SMILES string of the molecule is CS(=O)(=O)N1CCN(CCC2CCCC2=O)CC1. The van der Waals surface area contributed by atoms with Gasteiger partial charge in [-0.05, 0) is 25.8 Å². The first-order valence-corrected chi connectivity index (χ1v) is 8.52. The Bertz CT molecular complexity index is 400. The lowest BCUT2D eigenvalue weighted by molar-refractivity contribution is -0.120. The molecule has 18 heavy (non-hydrogen) atoms. The molecule has 0 bridgehead atoms. The molecule has 2 rings (SSSR count). The van der Waals surface area contributed by atoms with Gasteiger partial charge in [-0.15, -0.1) is 0 Å². The number of hydrogen-bond acceptors (Lipinski definition) is 4. The van der Waals surface area contributed by atoms with Crippen molar-refractivity contribution in [3.8, 4) is 0 Å². The number of sulfonamides is 1. The van der Waals surface area contributed by atoms with Crippen LogP contribution in [0.25, 0.3) is 0 Å². The van der Waals surface area contributed by atoms with Gasteiger partial charge in [-0.1, -0.05) is 0 Å². The number of carbonyl (C=O) groups excluding carboxylic acids is 1. The lowest BCUT2D eigenvalue weighted by Gasteiger charge is -2.33. The zero-order chi connectivity index (χ0) is 13.2. The van der Waals surface area contributed by atoms with Gasteiger partial charge in [0.25, 0.3) is 0 Å². The van der Waals surface area contributed by atoms with Gasteiger partial charge in [-0.3, -0.25) is 4.79 Å². The fourth-order valence-electron chi connectivity index (χ4n) is 2.82. The van der Waals surface area contributed by atoms with E-state index < -0.39 is 10.0 Å². The summed E-state index contributed by atoms with van der Waals surface area (Å²) in [6.07, 6.45) is 5.05. The van der Waals surface area contributed by atoms with Crippen molar-refractivity contribution in [2.45, 2.75) is 25.7 Å². The molecule has 0 aromatic carbocycles. The van der Waals surface area contributed by atoms with E-state index in [1.807, 2.05) is 0 Å². The molecule has 1 aliphatic carbocycles. The first-order valence-electron chi connectivity index (χ1n) is 6.67. The molecule has 104 valence electrons. The molecule has 2 aliphatic rings. The van der Waals surface area contributed by atoms with Crippen LogP contribution in [-0.2, 0) is 14.8 Å². The number of rotatable bonds is 4. The molecular formula is C12H22N2O3S. The second-order valence-corrected chi connectivity index (χ2v) is 7.33. The predicted octanol–water partition coefficient (Wildman–Crippen LogP) is 0.323. The summed E-state index contributed by atoms with van der Waals surface area (Å²) < 4.78 is 24.3. The molecule has 0 spiro atoms. The van der Waals surface area contributed by atoms with Crippen molar-refractivity contribution in [1.29, 1.82) is 0 Å². The van der Waals surface area contributed by atoms with E-state index in [1.165, 1.54) is 10.6 Å². The van der Waals surface area contributed by atoms with Crippen molar-refractivity contribution in [2.24, 2.45) is 5.92 Å². The first kappa shape index (κ1) is 14.0. The molecule has 1 aliphatic heterocycles. The highest BCUT2D eigenvalue weighted by Gasteiger charge is 2.27. The predicted molar refractivity (Wildman–Crippen MR) is 69.8 cm³/mol. The largest absolute Gasteiger partial charge is 0.301 e. The van der Waals surface area contributed by atoms with Gasteiger partial charge in [0.05, 0.1) is 6.26 Å². The van der Waals surface area contributed by atoms with Crippen LogP contribution in [-0.4, -0.2) is 62.4 Å². The summed E-state index contributed by atoms with van der Waals surface area (Å²) in [7, 11) is -3.04. The van der Waals surface area contributed by atoms with E-state index in [0.717, 1.165) is 45.3 Å². The van der Waals surface area contributed by atoms with E-state index in [-0.39, 0.29) is 5.92 Å². The average Bonchev–Trinajstić information content (AvgIpc) is 2.72. The Hall–Kier alpha value is -0.460. The van der Waals surface area contributed by atoms with E-state index in [0.29, 0.717) is 18.9 Å². The van der Waals surface area contributed by atoms with Gasteiger partial charge < -0.3 is 4.90 Å². The van der Waals surface area contributed by atoms with Crippen molar-refractivity contribution in [3.63, 3.8) is 0 Å².